The number of nitrogens with one attached hydrogen (secondary N) is 1. The van der Waals surface area contributed by atoms with Gasteiger partial charge in [0.05, 0.1) is 5.75 Å². The van der Waals surface area contributed by atoms with E-state index in [1.165, 1.54) is 33.7 Å². The molecule has 1 amide bonds. The molecule has 22 heavy (non-hydrogen) atoms. The van der Waals surface area contributed by atoms with Gasteiger partial charge in [0.1, 0.15) is 5.56 Å². The van der Waals surface area contributed by atoms with Crippen molar-refractivity contribution in [2.24, 2.45) is 0 Å². The molecule has 0 saturated carbocycles. The molecule has 0 bridgehead atoms. The summed E-state index contributed by atoms with van der Waals surface area (Å²) in [4.78, 5) is 40.5. The smallest absolute Gasteiger partial charge is 0.313 e. The Bertz CT molecular complexity index is 781. The van der Waals surface area contributed by atoms with Crippen LogP contribution in [-0.2, 0) is 4.79 Å². The standard InChI is InChI=1S/C13H15N3O4S2/c1-7-8(2)22-13-15-5-9(12(20)16(7)13)11(19)14-3-4-21-6-10(17)18/h5H,3-4,6H2,1-2H3,(H,14,19)(H,17,18). The van der Waals surface area contributed by atoms with Gasteiger partial charge in [0, 0.05) is 29.1 Å². The molecular formula is C13H15N3O4S2. The summed E-state index contributed by atoms with van der Waals surface area (Å²) in [7, 11) is 0. The lowest BCUT2D eigenvalue weighted by Crippen LogP contribution is -2.33. The van der Waals surface area contributed by atoms with E-state index in [-0.39, 0.29) is 16.9 Å². The molecule has 7 nitrogen and oxygen atoms in total. The second-order valence-electron chi connectivity index (χ2n) is 4.54. The molecule has 9 heteroatoms. The van der Waals surface area contributed by atoms with E-state index in [0.29, 0.717) is 17.3 Å². The number of carbonyl (C=O) groups excluding carboxylic acids is 1. The zero-order valence-corrected chi connectivity index (χ0v) is 13.7. The first-order valence-corrected chi connectivity index (χ1v) is 8.44. The quantitative estimate of drug-likeness (QED) is 0.758. The number of hydrogen-bond donors (Lipinski definition) is 2. The van der Waals surface area contributed by atoms with Gasteiger partial charge in [0.15, 0.2) is 4.96 Å². The van der Waals surface area contributed by atoms with Gasteiger partial charge in [-0.05, 0) is 13.8 Å². The van der Waals surface area contributed by atoms with Crippen LogP contribution in [0.5, 0.6) is 0 Å². The maximum atomic E-state index is 12.4. The van der Waals surface area contributed by atoms with Crippen LogP contribution in [0.4, 0.5) is 0 Å². The van der Waals surface area contributed by atoms with E-state index in [1.54, 1.807) is 0 Å². The molecule has 0 fully saturated rings. The van der Waals surface area contributed by atoms with Gasteiger partial charge < -0.3 is 10.4 Å². The topological polar surface area (TPSA) is 101 Å². The maximum absolute atomic E-state index is 12.4. The minimum atomic E-state index is -0.896. The van der Waals surface area contributed by atoms with Gasteiger partial charge in [-0.1, -0.05) is 0 Å². The highest BCUT2D eigenvalue weighted by Crippen LogP contribution is 2.18. The van der Waals surface area contributed by atoms with E-state index < -0.39 is 11.9 Å². The zero-order valence-electron chi connectivity index (χ0n) is 12.1. The first-order chi connectivity index (χ1) is 10.4. The SMILES string of the molecule is Cc1sc2ncc(C(=O)NCCSCC(=O)O)c(=O)n2c1C. The van der Waals surface area contributed by atoms with Crippen LogP contribution in [0, 0.1) is 13.8 Å². The van der Waals surface area contributed by atoms with Crippen molar-refractivity contribution < 1.29 is 14.7 Å². The van der Waals surface area contributed by atoms with Crippen LogP contribution in [0.25, 0.3) is 4.96 Å². The van der Waals surface area contributed by atoms with Crippen LogP contribution >= 0.6 is 23.1 Å². The number of thioether (sulfide) groups is 1. The number of nitrogens with zero attached hydrogens (tertiary/aromatic N) is 2. The fourth-order valence-electron chi connectivity index (χ4n) is 1.82. The highest BCUT2D eigenvalue weighted by atomic mass is 32.2. The molecular weight excluding hydrogens is 326 g/mol. The molecule has 2 aromatic heterocycles. The number of amides is 1. The molecule has 118 valence electrons. The molecule has 0 aliphatic carbocycles. The van der Waals surface area contributed by atoms with Crippen molar-refractivity contribution in [1.82, 2.24) is 14.7 Å². The number of rotatable bonds is 6. The molecule has 0 aromatic carbocycles. The summed E-state index contributed by atoms with van der Waals surface area (Å²) in [5, 5.41) is 11.1. The summed E-state index contributed by atoms with van der Waals surface area (Å²) < 4.78 is 1.44. The largest absolute Gasteiger partial charge is 0.481 e. The molecule has 0 aliphatic rings. The fourth-order valence-corrected chi connectivity index (χ4v) is 3.32. The van der Waals surface area contributed by atoms with Crippen LogP contribution in [-0.4, -0.2) is 44.4 Å². The second kappa shape index (κ2) is 6.93. The number of carbonyl (C=O) groups is 2. The number of thiazole rings is 1. The van der Waals surface area contributed by atoms with Crippen LogP contribution in [0.2, 0.25) is 0 Å². The highest BCUT2D eigenvalue weighted by Gasteiger charge is 2.16. The molecule has 2 heterocycles. The fraction of sp³-hybridized carbons (Fsp3) is 0.385. The third-order valence-electron chi connectivity index (χ3n) is 3.02. The Balaban J connectivity index is 2.09. The van der Waals surface area contributed by atoms with E-state index >= 15 is 0 Å². The third kappa shape index (κ3) is 3.47. The number of aromatic nitrogens is 2. The normalized spacial score (nSPS) is 10.8. The van der Waals surface area contributed by atoms with Gasteiger partial charge in [-0.25, -0.2) is 4.98 Å². The van der Waals surface area contributed by atoms with Gasteiger partial charge in [-0.3, -0.25) is 18.8 Å². The van der Waals surface area contributed by atoms with Gasteiger partial charge in [-0.15, -0.1) is 23.1 Å². The molecule has 0 atom stereocenters. The van der Waals surface area contributed by atoms with Crippen molar-refractivity contribution in [1.29, 1.82) is 0 Å². The van der Waals surface area contributed by atoms with Crippen molar-refractivity contribution in [3.8, 4) is 0 Å². The Kier molecular flexibility index (Phi) is 5.19. The molecule has 2 N–H and O–H groups in total. The lowest BCUT2D eigenvalue weighted by Gasteiger charge is -2.04. The predicted molar refractivity (Wildman–Crippen MR) is 86.1 cm³/mol. The Morgan fingerprint density at radius 1 is 1.45 bits per heavy atom. The minimum absolute atomic E-state index is 0.0124. The summed E-state index contributed by atoms with van der Waals surface area (Å²) in [6, 6.07) is 0. The van der Waals surface area contributed by atoms with Gasteiger partial charge in [0.25, 0.3) is 11.5 Å². The van der Waals surface area contributed by atoms with Crippen LogP contribution in [0.15, 0.2) is 11.0 Å². The van der Waals surface area contributed by atoms with Crippen molar-refractivity contribution >= 4 is 39.9 Å². The van der Waals surface area contributed by atoms with Crippen molar-refractivity contribution in [2.45, 2.75) is 13.8 Å². The van der Waals surface area contributed by atoms with E-state index in [4.69, 9.17) is 5.11 Å². The molecule has 0 radical (unpaired) electrons. The van der Waals surface area contributed by atoms with E-state index in [2.05, 4.69) is 10.3 Å². The number of fused-ring (bicyclic) bond motifs is 1. The summed E-state index contributed by atoms with van der Waals surface area (Å²) in [6.07, 6.45) is 1.28. The summed E-state index contributed by atoms with van der Waals surface area (Å²) >= 11 is 2.60. The first-order valence-electron chi connectivity index (χ1n) is 6.47. The van der Waals surface area contributed by atoms with E-state index in [0.717, 1.165) is 10.6 Å². The number of hydrogen-bond acceptors (Lipinski definition) is 6. The summed E-state index contributed by atoms with van der Waals surface area (Å²) in [5.74, 6) is -0.941. The summed E-state index contributed by atoms with van der Waals surface area (Å²) in [5.41, 5.74) is 0.383. The van der Waals surface area contributed by atoms with Crippen molar-refractivity contribution in [3.05, 3.63) is 32.7 Å². The average molecular weight is 341 g/mol. The monoisotopic (exact) mass is 341 g/mol. The Morgan fingerprint density at radius 3 is 2.86 bits per heavy atom. The predicted octanol–water partition coefficient (Wildman–Crippen LogP) is 0.920. The second-order valence-corrected chi connectivity index (χ2v) is 6.83. The van der Waals surface area contributed by atoms with E-state index in [9.17, 15) is 14.4 Å². The van der Waals surface area contributed by atoms with Crippen molar-refractivity contribution in [2.75, 3.05) is 18.1 Å². The Labute approximate surface area is 134 Å². The molecule has 0 saturated heterocycles. The zero-order chi connectivity index (χ0) is 16.3. The van der Waals surface area contributed by atoms with Crippen LogP contribution < -0.4 is 10.9 Å². The lowest BCUT2D eigenvalue weighted by molar-refractivity contribution is -0.133. The molecule has 2 rings (SSSR count). The maximum Gasteiger partial charge on any atom is 0.313 e. The van der Waals surface area contributed by atoms with Crippen molar-refractivity contribution in [3.63, 3.8) is 0 Å². The lowest BCUT2D eigenvalue weighted by atomic mass is 10.3. The summed E-state index contributed by atoms with van der Waals surface area (Å²) in [6.45, 7) is 4.00. The Hall–Kier alpha value is -1.87. The molecule has 2 aromatic rings. The number of carboxylic acid groups (broad SMARTS) is 1. The first kappa shape index (κ1) is 16.5. The van der Waals surface area contributed by atoms with Crippen LogP contribution in [0.3, 0.4) is 0 Å². The van der Waals surface area contributed by atoms with Gasteiger partial charge in [-0.2, -0.15) is 0 Å². The third-order valence-corrected chi connectivity index (χ3v) is 5.04. The molecule has 0 aliphatic heterocycles. The van der Waals surface area contributed by atoms with E-state index in [1.807, 2.05) is 13.8 Å². The Morgan fingerprint density at radius 2 is 2.18 bits per heavy atom. The van der Waals surface area contributed by atoms with Crippen LogP contribution in [0.1, 0.15) is 20.9 Å². The number of aryl methyl sites for hydroxylation is 2. The van der Waals surface area contributed by atoms with Gasteiger partial charge >= 0.3 is 5.97 Å². The highest BCUT2D eigenvalue weighted by molar-refractivity contribution is 7.99. The molecule has 0 unspecified atom stereocenters. The molecule has 0 spiro atoms. The number of carboxylic acids is 1. The van der Waals surface area contributed by atoms with Gasteiger partial charge in [0.2, 0.25) is 0 Å². The average Bonchev–Trinajstić information content (AvgIpc) is 2.74. The number of aliphatic carboxylic acids is 1. The minimum Gasteiger partial charge on any atom is -0.481 e.